The van der Waals surface area contributed by atoms with Gasteiger partial charge in [-0.05, 0) is 24.5 Å². The zero-order valence-corrected chi connectivity index (χ0v) is 20.3. The summed E-state index contributed by atoms with van der Waals surface area (Å²) in [6.07, 6.45) is 11.9. The van der Waals surface area contributed by atoms with Crippen LogP contribution in [0.3, 0.4) is 0 Å². The van der Waals surface area contributed by atoms with Crippen LogP contribution in [0.25, 0.3) is 33.7 Å². The third kappa shape index (κ3) is 4.63. The summed E-state index contributed by atoms with van der Waals surface area (Å²) in [6, 6.07) is 10.1. The van der Waals surface area contributed by atoms with Crippen molar-refractivity contribution in [2.75, 3.05) is 24.7 Å². The van der Waals surface area contributed by atoms with E-state index in [2.05, 4.69) is 37.7 Å². The lowest BCUT2D eigenvalue weighted by molar-refractivity contribution is -0.125. The number of morpholine rings is 1. The number of ether oxygens (including phenoxy) is 1. The van der Waals surface area contributed by atoms with Gasteiger partial charge in [-0.2, -0.15) is 10.1 Å². The minimum atomic E-state index is -0.175. The van der Waals surface area contributed by atoms with Gasteiger partial charge in [-0.25, -0.2) is 9.67 Å². The number of rotatable bonds is 7. The van der Waals surface area contributed by atoms with Gasteiger partial charge in [0, 0.05) is 17.8 Å². The summed E-state index contributed by atoms with van der Waals surface area (Å²) in [5, 5.41) is 4.52. The number of nitrogens with zero attached hydrogens (tertiary/aromatic N) is 5. The first-order valence-electron chi connectivity index (χ1n) is 11.9. The van der Waals surface area contributed by atoms with Crippen molar-refractivity contribution in [1.29, 1.82) is 0 Å². The highest BCUT2D eigenvalue weighted by Crippen LogP contribution is 2.33. The van der Waals surface area contributed by atoms with E-state index in [-0.39, 0.29) is 12.5 Å². The maximum atomic E-state index is 12.7. The van der Waals surface area contributed by atoms with Crippen LogP contribution in [0.4, 0.5) is 5.82 Å². The molecule has 1 aliphatic rings. The Bertz CT molecular complexity index is 1490. The van der Waals surface area contributed by atoms with E-state index in [1.807, 2.05) is 42.6 Å². The first-order chi connectivity index (χ1) is 17.6. The van der Waals surface area contributed by atoms with E-state index in [4.69, 9.17) is 19.1 Å². The van der Waals surface area contributed by atoms with Crippen LogP contribution in [0, 0.1) is 6.92 Å². The highest BCUT2D eigenvalue weighted by atomic mass is 16.5. The molecule has 0 spiro atoms. The van der Waals surface area contributed by atoms with Crippen LogP contribution in [0.15, 0.2) is 78.0 Å². The topological polar surface area (TPSA) is 86.3 Å². The molecule has 0 aliphatic carbocycles. The number of anilines is 1. The molecular formula is C28H27N5O3. The Morgan fingerprint density at radius 2 is 2.08 bits per heavy atom. The fourth-order valence-corrected chi connectivity index (χ4v) is 4.12. The van der Waals surface area contributed by atoms with E-state index in [9.17, 15) is 4.79 Å². The van der Waals surface area contributed by atoms with Crippen LogP contribution in [0.1, 0.15) is 24.7 Å². The van der Waals surface area contributed by atoms with Gasteiger partial charge in [0.2, 0.25) is 0 Å². The number of carbonyl (C=O) groups is 1. The number of aryl methyl sites for hydroxylation is 1. The summed E-state index contributed by atoms with van der Waals surface area (Å²) in [5.41, 5.74) is 5.23. The van der Waals surface area contributed by atoms with Crippen molar-refractivity contribution < 1.29 is 13.9 Å². The summed E-state index contributed by atoms with van der Waals surface area (Å²) in [7, 11) is 0. The maximum Gasteiger partial charge on any atom is 0.254 e. The third-order valence-corrected chi connectivity index (χ3v) is 5.96. The lowest BCUT2D eigenvalue weighted by Crippen LogP contribution is -2.42. The number of aromatic nitrogens is 4. The number of hydrogen-bond acceptors (Lipinski definition) is 6. The zero-order valence-electron chi connectivity index (χ0n) is 20.3. The van der Waals surface area contributed by atoms with E-state index < -0.39 is 0 Å². The molecule has 36 heavy (non-hydrogen) atoms. The number of amides is 1. The number of furan rings is 1. The Hall–Kier alpha value is -4.30. The molecule has 1 aromatic carbocycles. The Morgan fingerprint density at radius 1 is 1.19 bits per heavy atom. The molecule has 1 aliphatic heterocycles. The first kappa shape index (κ1) is 23.4. The number of allylic oxidation sites excluding steroid dienone is 5. The summed E-state index contributed by atoms with van der Waals surface area (Å²) in [4.78, 5) is 23.8. The van der Waals surface area contributed by atoms with Gasteiger partial charge >= 0.3 is 0 Å². The predicted octanol–water partition coefficient (Wildman–Crippen LogP) is 5.28. The summed E-state index contributed by atoms with van der Waals surface area (Å²) < 4.78 is 13.2. The molecule has 0 unspecified atom stereocenters. The molecule has 4 aromatic rings. The van der Waals surface area contributed by atoms with Crippen LogP contribution in [-0.4, -0.2) is 45.4 Å². The average Bonchev–Trinajstić information content (AvgIpc) is 3.54. The van der Waals surface area contributed by atoms with E-state index in [1.54, 1.807) is 21.9 Å². The van der Waals surface area contributed by atoms with Gasteiger partial charge in [0.15, 0.2) is 11.4 Å². The van der Waals surface area contributed by atoms with Crippen molar-refractivity contribution in [2.24, 2.45) is 0 Å². The largest absolute Gasteiger partial charge is 0.451 e. The van der Waals surface area contributed by atoms with Crippen LogP contribution in [-0.2, 0) is 9.53 Å². The van der Waals surface area contributed by atoms with Crippen LogP contribution in [0.2, 0.25) is 0 Å². The number of benzene rings is 1. The Morgan fingerprint density at radius 3 is 2.86 bits per heavy atom. The molecule has 1 saturated heterocycles. The maximum absolute atomic E-state index is 12.7. The van der Waals surface area contributed by atoms with Crippen molar-refractivity contribution in [3.8, 4) is 17.1 Å². The van der Waals surface area contributed by atoms with Crippen LogP contribution < -0.4 is 4.90 Å². The van der Waals surface area contributed by atoms with Crippen molar-refractivity contribution in [3.63, 3.8) is 0 Å². The molecule has 0 radical (unpaired) electrons. The molecule has 182 valence electrons. The van der Waals surface area contributed by atoms with Gasteiger partial charge in [-0.3, -0.25) is 9.69 Å². The molecule has 8 nitrogen and oxygen atoms in total. The third-order valence-electron chi connectivity index (χ3n) is 5.96. The molecule has 5 rings (SSSR count). The standard InChI is InChI=1S/C28H27N5O3/c1-4-6-7-10-20(5-2)24-15-23-26(36-24)27(32-12-13-35-18-25(32)34)31-28(30-23)33-17-22(16-29-33)21-11-8-9-19(3)14-21/h4,6-11,14-17H,1,5,12-13,18H2,2-3H3/b7-6-,20-10+. The monoisotopic (exact) mass is 481 g/mol. The quantitative estimate of drug-likeness (QED) is 0.334. The summed E-state index contributed by atoms with van der Waals surface area (Å²) in [5.74, 6) is 1.28. The van der Waals surface area contributed by atoms with Crippen LogP contribution in [0.5, 0.6) is 0 Å². The fourth-order valence-electron chi connectivity index (χ4n) is 4.12. The van der Waals surface area contributed by atoms with E-state index in [1.165, 1.54) is 5.56 Å². The van der Waals surface area contributed by atoms with Gasteiger partial charge in [0.05, 0.1) is 19.3 Å². The molecule has 0 atom stereocenters. The van der Waals surface area contributed by atoms with Gasteiger partial charge in [0.25, 0.3) is 11.9 Å². The first-order valence-corrected chi connectivity index (χ1v) is 11.9. The highest BCUT2D eigenvalue weighted by Gasteiger charge is 2.27. The minimum Gasteiger partial charge on any atom is -0.451 e. The molecule has 1 fully saturated rings. The molecule has 8 heteroatoms. The van der Waals surface area contributed by atoms with Crippen LogP contribution >= 0.6 is 0 Å². The molecule has 0 bridgehead atoms. The average molecular weight is 482 g/mol. The van der Waals surface area contributed by atoms with E-state index >= 15 is 0 Å². The molecule has 1 amide bonds. The summed E-state index contributed by atoms with van der Waals surface area (Å²) in [6.45, 7) is 8.63. The molecular weight excluding hydrogens is 454 g/mol. The lowest BCUT2D eigenvalue weighted by atomic mass is 10.1. The zero-order chi connectivity index (χ0) is 25.1. The Kier molecular flexibility index (Phi) is 6.60. The van der Waals surface area contributed by atoms with Crippen molar-refractivity contribution in [3.05, 3.63) is 84.9 Å². The SMILES string of the molecule is C=C/C=C\C=C(/CC)c1cc2nc(-n3cc(-c4cccc(C)c4)cn3)nc(N3CCOCC3=O)c2o1. The summed E-state index contributed by atoms with van der Waals surface area (Å²) >= 11 is 0. The fraction of sp³-hybridized carbons (Fsp3) is 0.214. The van der Waals surface area contributed by atoms with Gasteiger partial charge in [0.1, 0.15) is 17.9 Å². The van der Waals surface area contributed by atoms with Crippen molar-refractivity contribution >= 4 is 28.4 Å². The second kappa shape index (κ2) is 10.1. The molecule has 0 saturated carbocycles. The van der Waals surface area contributed by atoms with E-state index in [0.29, 0.717) is 41.8 Å². The van der Waals surface area contributed by atoms with Crippen molar-refractivity contribution in [2.45, 2.75) is 20.3 Å². The van der Waals surface area contributed by atoms with E-state index in [0.717, 1.165) is 23.1 Å². The minimum absolute atomic E-state index is 0.000131. The predicted molar refractivity (Wildman–Crippen MR) is 140 cm³/mol. The molecule has 0 N–H and O–H groups in total. The Balaban J connectivity index is 1.63. The smallest absolute Gasteiger partial charge is 0.254 e. The second-order valence-electron chi connectivity index (χ2n) is 8.48. The molecule has 3 aromatic heterocycles. The second-order valence-corrected chi connectivity index (χ2v) is 8.48. The number of carbonyl (C=O) groups excluding carboxylic acids is 1. The number of hydrogen-bond donors (Lipinski definition) is 0. The molecule has 4 heterocycles. The Labute approximate surface area is 209 Å². The van der Waals surface area contributed by atoms with Gasteiger partial charge in [-0.1, -0.05) is 67.6 Å². The lowest BCUT2D eigenvalue weighted by Gasteiger charge is -2.25. The number of fused-ring (bicyclic) bond motifs is 1. The van der Waals surface area contributed by atoms with Gasteiger partial charge < -0.3 is 9.15 Å². The van der Waals surface area contributed by atoms with Gasteiger partial charge in [-0.15, -0.1) is 0 Å². The van der Waals surface area contributed by atoms with Crippen molar-refractivity contribution in [1.82, 2.24) is 19.7 Å². The normalized spacial score (nSPS) is 14.8. The highest BCUT2D eigenvalue weighted by molar-refractivity contribution is 6.00.